The fraction of sp³-hybridized carbons (Fsp3) is 0.500. The second-order valence-corrected chi connectivity index (χ2v) is 6.46. The standard InChI is InChI=1S/C18H24N6O/c1-25-7-6-24-17(22-23-18(24)15-8-16(20)9-15)12-21-11-14-4-2-13(10-19)3-5-14/h2-5,15-16,21H,6-9,11-12,20H2,1H3. The molecule has 0 bridgehead atoms. The zero-order chi connectivity index (χ0) is 17.6. The van der Waals surface area contributed by atoms with E-state index in [-0.39, 0.29) is 6.04 Å². The zero-order valence-electron chi connectivity index (χ0n) is 14.5. The molecule has 0 amide bonds. The number of rotatable bonds is 8. The number of hydrogen-bond acceptors (Lipinski definition) is 6. The number of ether oxygens (including phenoxy) is 1. The third-order valence-corrected chi connectivity index (χ3v) is 4.61. The van der Waals surface area contributed by atoms with Crippen LogP contribution in [0.15, 0.2) is 24.3 Å². The van der Waals surface area contributed by atoms with Crippen LogP contribution in [0.25, 0.3) is 0 Å². The van der Waals surface area contributed by atoms with Crippen LogP contribution in [0.4, 0.5) is 0 Å². The molecule has 0 aliphatic heterocycles. The summed E-state index contributed by atoms with van der Waals surface area (Å²) in [4.78, 5) is 0. The van der Waals surface area contributed by atoms with Gasteiger partial charge in [0.25, 0.3) is 0 Å². The molecule has 3 rings (SSSR count). The van der Waals surface area contributed by atoms with Gasteiger partial charge in [0, 0.05) is 32.2 Å². The van der Waals surface area contributed by atoms with Crippen molar-refractivity contribution in [2.24, 2.45) is 5.73 Å². The Morgan fingerprint density at radius 1 is 1.28 bits per heavy atom. The van der Waals surface area contributed by atoms with Crippen LogP contribution in [-0.2, 0) is 24.4 Å². The molecule has 7 nitrogen and oxygen atoms in total. The Morgan fingerprint density at radius 2 is 2.04 bits per heavy atom. The Kier molecular flexibility index (Phi) is 5.76. The van der Waals surface area contributed by atoms with Crippen molar-refractivity contribution in [3.05, 3.63) is 47.0 Å². The fourth-order valence-corrected chi connectivity index (χ4v) is 3.10. The number of benzene rings is 1. The van der Waals surface area contributed by atoms with Gasteiger partial charge in [-0.05, 0) is 30.5 Å². The number of nitrogens with one attached hydrogen (secondary N) is 1. The maximum Gasteiger partial charge on any atom is 0.147 e. The Bertz CT molecular complexity index is 727. The van der Waals surface area contributed by atoms with Gasteiger partial charge in [-0.1, -0.05) is 12.1 Å². The molecular weight excluding hydrogens is 316 g/mol. The highest BCUT2D eigenvalue weighted by atomic mass is 16.5. The largest absolute Gasteiger partial charge is 0.383 e. The molecule has 1 aliphatic rings. The molecule has 1 fully saturated rings. The highest BCUT2D eigenvalue weighted by molar-refractivity contribution is 5.31. The minimum atomic E-state index is 0.288. The summed E-state index contributed by atoms with van der Waals surface area (Å²) in [6.45, 7) is 2.73. The van der Waals surface area contributed by atoms with Crippen molar-refractivity contribution in [2.45, 2.75) is 44.4 Å². The molecule has 25 heavy (non-hydrogen) atoms. The molecule has 132 valence electrons. The van der Waals surface area contributed by atoms with E-state index in [1.807, 2.05) is 24.3 Å². The summed E-state index contributed by atoms with van der Waals surface area (Å²) >= 11 is 0. The average molecular weight is 340 g/mol. The minimum absolute atomic E-state index is 0.288. The van der Waals surface area contributed by atoms with Gasteiger partial charge < -0.3 is 20.4 Å². The molecule has 1 aromatic carbocycles. The predicted octanol–water partition coefficient (Wildman–Crippen LogP) is 1.29. The van der Waals surface area contributed by atoms with Crippen molar-refractivity contribution in [3.63, 3.8) is 0 Å². The molecular formula is C18H24N6O. The summed E-state index contributed by atoms with van der Waals surface area (Å²) in [7, 11) is 1.70. The van der Waals surface area contributed by atoms with Crippen molar-refractivity contribution in [1.82, 2.24) is 20.1 Å². The summed E-state index contributed by atoms with van der Waals surface area (Å²) in [5, 5.41) is 21.0. The zero-order valence-corrected chi connectivity index (χ0v) is 14.5. The third-order valence-electron chi connectivity index (χ3n) is 4.61. The molecule has 0 radical (unpaired) electrons. The topological polar surface area (TPSA) is 102 Å². The van der Waals surface area contributed by atoms with Crippen molar-refractivity contribution in [1.29, 1.82) is 5.26 Å². The van der Waals surface area contributed by atoms with Crippen LogP contribution in [0.5, 0.6) is 0 Å². The highest BCUT2D eigenvalue weighted by Gasteiger charge is 2.32. The lowest BCUT2D eigenvalue weighted by atomic mass is 9.80. The van der Waals surface area contributed by atoms with Crippen molar-refractivity contribution < 1.29 is 4.74 Å². The molecule has 1 aliphatic carbocycles. The third kappa shape index (κ3) is 4.23. The van der Waals surface area contributed by atoms with Crippen LogP contribution in [-0.4, -0.2) is 34.5 Å². The maximum atomic E-state index is 8.84. The van der Waals surface area contributed by atoms with E-state index < -0.39 is 0 Å². The molecule has 2 aromatic rings. The molecule has 0 atom stereocenters. The average Bonchev–Trinajstić information content (AvgIpc) is 3.00. The van der Waals surface area contributed by atoms with E-state index in [2.05, 4.69) is 26.2 Å². The van der Waals surface area contributed by atoms with Gasteiger partial charge in [-0.25, -0.2) is 0 Å². The second kappa shape index (κ2) is 8.21. The number of aromatic nitrogens is 3. The molecule has 0 spiro atoms. The van der Waals surface area contributed by atoms with Crippen LogP contribution in [0.2, 0.25) is 0 Å². The first-order valence-corrected chi connectivity index (χ1v) is 8.57. The van der Waals surface area contributed by atoms with Crippen LogP contribution >= 0.6 is 0 Å². The fourth-order valence-electron chi connectivity index (χ4n) is 3.10. The first-order valence-electron chi connectivity index (χ1n) is 8.57. The molecule has 3 N–H and O–H groups in total. The van der Waals surface area contributed by atoms with E-state index in [4.69, 9.17) is 15.7 Å². The van der Waals surface area contributed by atoms with Gasteiger partial charge >= 0.3 is 0 Å². The monoisotopic (exact) mass is 340 g/mol. The maximum absolute atomic E-state index is 8.84. The smallest absolute Gasteiger partial charge is 0.147 e. The van der Waals surface area contributed by atoms with Gasteiger partial charge in [0.2, 0.25) is 0 Å². The lowest BCUT2D eigenvalue weighted by Crippen LogP contribution is -2.36. The summed E-state index contributed by atoms with van der Waals surface area (Å²) in [6, 6.07) is 10.00. The molecule has 0 saturated heterocycles. The van der Waals surface area contributed by atoms with Gasteiger partial charge in [0.1, 0.15) is 11.6 Å². The van der Waals surface area contributed by atoms with Crippen molar-refractivity contribution >= 4 is 0 Å². The number of hydrogen-bond donors (Lipinski definition) is 2. The summed E-state index contributed by atoms with van der Waals surface area (Å²) in [5.41, 5.74) is 7.72. The van der Waals surface area contributed by atoms with Crippen molar-refractivity contribution in [3.8, 4) is 6.07 Å². The Balaban J connectivity index is 1.61. The molecule has 0 unspecified atom stereocenters. The normalized spacial score (nSPS) is 19.4. The van der Waals surface area contributed by atoms with Crippen molar-refractivity contribution in [2.75, 3.05) is 13.7 Å². The van der Waals surface area contributed by atoms with E-state index >= 15 is 0 Å². The molecule has 7 heteroatoms. The van der Waals surface area contributed by atoms with Crippen LogP contribution in [0, 0.1) is 11.3 Å². The summed E-state index contributed by atoms with van der Waals surface area (Å²) in [6.07, 6.45) is 1.95. The molecule has 1 heterocycles. The quantitative estimate of drug-likeness (QED) is 0.751. The van der Waals surface area contributed by atoms with Gasteiger partial charge in [-0.3, -0.25) is 0 Å². The summed E-state index contributed by atoms with van der Waals surface area (Å²) < 4.78 is 7.38. The Morgan fingerprint density at radius 3 is 2.68 bits per heavy atom. The van der Waals surface area contributed by atoms with Crippen LogP contribution < -0.4 is 11.1 Å². The number of nitriles is 1. The first-order chi connectivity index (χ1) is 12.2. The molecule has 1 aromatic heterocycles. The Hall–Kier alpha value is -2.27. The van der Waals surface area contributed by atoms with Gasteiger partial charge in [0.15, 0.2) is 0 Å². The van der Waals surface area contributed by atoms with Gasteiger partial charge in [-0.15, -0.1) is 10.2 Å². The van der Waals surface area contributed by atoms with Crippen LogP contribution in [0.1, 0.15) is 41.5 Å². The van der Waals surface area contributed by atoms with E-state index in [0.717, 1.165) is 36.6 Å². The van der Waals surface area contributed by atoms with E-state index in [9.17, 15) is 0 Å². The SMILES string of the molecule is COCCn1c(CNCc2ccc(C#N)cc2)nnc1C1CC(N)C1. The van der Waals surface area contributed by atoms with E-state index in [1.165, 1.54) is 0 Å². The number of nitrogens with zero attached hydrogens (tertiary/aromatic N) is 4. The van der Waals surface area contributed by atoms with Gasteiger partial charge in [-0.2, -0.15) is 5.26 Å². The van der Waals surface area contributed by atoms with Crippen LogP contribution in [0.3, 0.4) is 0 Å². The number of nitrogens with two attached hydrogens (primary N) is 1. The summed E-state index contributed by atoms with van der Waals surface area (Å²) in [5.74, 6) is 2.35. The molecule has 1 saturated carbocycles. The van der Waals surface area contributed by atoms with E-state index in [0.29, 0.717) is 31.2 Å². The highest BCUT2D eigenvalue weighted by Crippen LogP contribution is 2.34. The second-order valence-electron chi connectivity index (χ2n) is 6.46. The predicted molar refractivity (Wildman–Crippen MR) is 93.5 cm³/mol. The van der Waals surface area contributed by atoms with Gasteiger partial charge in [0.05, 0.1) is 24.8 Å². The first kappa shape index (κ1) is 17.5. The van der Waals surface area contributed by atoms with E-state index in [1.54, 1.807) is 7.11 Å². The lowest BCUT2D eigenvalue weighted by Gasteiger charge is -2.31. The Labute approximate surface area is 147 Å². The lowest BCUT2D eigenvalue weighted by molar-refractivity contribution is 0.183. The number of methoxy groups -OCH3 is 1. The minimum Gasteiger partial charge on any atom is -0.383 e.